The zero-order valence-electron chi connectivity index (χ0n) is 21.9. The van der Waals surface area contributed by atoms with Crippen molar-refractivity contribution in [3.05, 3.63) is 96.6 Å². The SMILES string of the molecule is O=C(CC[C@H]1O[C@@H](n2cnc3c(NC(=O)c4ccccc4)ncnc32)[C@H](O)[C@@H]1O)NCc1cccc2ccccc12. The van der Waals surface area contributed by atoms with Crippen LogP contribution in [0.2, 0.25) is 0 Å². The minimum absolute atomic E-state index is 0.106. The molecular weight excluding hydrogens is 524 g/mol. The summed E-state index contributed by atoms with van der Waals surface area (Å²) in [6.07, 6.45) is -1.28. The number of aliphatic hydroxyl groups excluding tert-OH is 2. The third-order valence-electron chi connectivity index (χ3n) is 7.25. The molecule has 11 heteroatoms. The molecule has 0 spiro atoms. The highest BCUT2D eigenvalue weighted by Gasteiger charge is 2.44. The van der Waals surface area contributed by atoms with Crippen molar-refractivity contribution >= 4 is 39.6 Å². The molecule has 2 aromatic heterocycles. The summed E-state index contributed by atoms with van der Waals surface area (Å²) in [6, 6.07) is 22.6. The first-order chi connectivity index (χ1) is 20.0. The molecule has 0 saturated carbocycles. The molecule has 0 bridgehead atoms. The number of anilines is 1. The normalized spacial score (nSPS) is 20.3. The Morgan fingerprint density at radius 2 is 1.68 bits per heavy atom. The van der Waals surface area contributed by atoms with E-state index in [1.807, 2.05) is 48.5 Å². The molecule has 1 saturated heterocycles. The van der Waals surface area contributed by atoms with Gasteiger partial charge in [0.2, 0.25) is 5.91 Å². The Morgan fingerprint density at radius 3 is 2.54 bits per heavy atom. The Hall–Kier alpha value is -4.71. The molecule has 1 aliphatic rings. The molecule has 0 radical (unpaired) electrons. The first kappa shape index (κ1) is 26.5. The van der Waals surface area contributed by atoms with E-state index in [0.29, 0.717) is 23.3 Å². The number of ether oxygens (including phenoxy) is 1. The van der Waals surface area contributed by atoms with E-state index in [0.717, 1.165) is 16.3 Å². The Bertz CT molecular complexity index is 1700. The molecule has 3 aromatic carbocycles. The number of aromatic nitrogens is 4. The van der Waals surface area contributed by atoms with Crippen LogP contribution in [0.25, 0.3) is 21.9 Å². The number of benzene rings is 3. The van der Waals surface area contributed by atoms with Crippen molar-refractivity contribution in [2.75, 3.05) is 5.32 Å². The summed E-state index contributed by atoms with van der Waals surface area (Å²) < 4.78 is 7.48. The summed E-state index contributed by atoms with van der Waals surface area (Å²) in [6.45, 7) is 0.378. The van der Waals surface area contributed by atoms with E-state index in [1.54, 1.807) is 24.3 Å². The van der Waals surface area contributed by atoms with Gasteiger partial charge in [-0.25, -0.2) is 15.0 Å². The lowest BCUT2D eigenvalue weighted by Gasteiger charge is -2.16. The van der Waals surface area contributed by atoms with Crippen LogP contribution in [0.1, 0.15) is 35.0 Å². The lowest BCUT2D eigenvalue weighted by molar-refractivity contribution is -0.122. The molecule has 2 amide bonds. The molecule has 0 aliphatic carbocycles. The van der Waals surface area contributed by atoms with E-state index in [4.69, 9.17) is 4.74 Å². The minimum atomic E-state index is -1.28. The van der Waals surface area contributed by atoms with Gasteiger partial charge in [0.1, 0.15) is 18.5 Å². The lowest BCUT2D eigenvalue weighted by Crippen LogP contribution is -2.32. The van der Waals surface area contributed by atoms with Gasteiger partial charge in [-0.2, -0.15) is 0 Å². The van der Waals surface area contributed by atoms with E-state index in [2.05, 4.69) is 25.6 Å². The van der Waals surface area contributed by atoms with Gasteiger partial charge >= 0.3 is 0 Å². The topological polar surface area (TPSA) is 151 Å². The van der Waals surface area contributed by atoms with Gasteiger partial charge in [0.25, 0.3) is 5.91 Å². The highest BCUT2D eigenvalue weighted by molar-refractivity contribution is 6.06. The molecule has 4 N–H and O–H groups in total. The van der Waals surface area contributed by atoms with Crippen molar-refractivity contribution in [1.82, 2.24) is 24.8 Å². The Labute approximate surface area is 234 Å². The molecule has 208 valence electrons. The summed E-state index contributed by atoms with van der Waals surface area (Å²) in [5, 5.41) is 29.4. The third-order valence-corrected chi connectivity index (χ3v) is 7.25. The molecule has 11 nitrogen and oxygen atoms in total. The second-order valence-electron chi connectivity index (χ2n) is 9.87. The average molecular weight is 553 g/mol. The Morgan fingerprint density at radius 1 is 0.902 bits per heavy atom. The summed E-state index contributed by atoms with van der Waals surface area (Å²) in [7, 11) is 0. The predicted molar refractivity (Wildman–Crippen MR) is 151 cm³/mol. The van der Waals surface area contributed by atoms with Gasteiger partial charge in [0, 0.05) is 18.5 Å². The highest BCUT2D eigenvalue weighted by Crippen LogP contribution is 2.34. The summed E-state index contributed by atoms with van der Waals surface area (Å²) in [4.78, 5) is 38.0. The largest absolute Gasteiger partial charge is 0.388 e. The van der Waals surface area contributed by atoms with E-state index >= 15 is 0 Å². The van der Waals surface area contributed by atoms with Gasteiger partial charge in [-0.3, -0.25) is 14.2 Å². The van der Waals surface area contributed by atoms with E-state index < -0.39 is 24.5 Å². The second kappa shape index (κ2) is 11.4. The molecule has 3 heterocycles. The smallest absolute Gasteiger partial charge is 0.256 e. The molecule has 6 rings (SSSR count). The summed E-state index contributed by atoms with van der Waals surface area (Å²) in [5.74, 6) is -0.340. The van der Waals surface area contributed by atoms with Crippen molar-refractivity contribution in [3.8, 4) is 0 Å². The predicted octanol–water partition coefficient (Wildman–Crippen LogP) is 2.95. The monoisotopic (exact) mass is 552 g/mol. The van der Waals surface area contributed by atoms with Crippen LogP contribution in [0.15, 0.2) is 85.5 Å². The van der Waals surface area contributed by atoms with E-state index in [9.17, 15) is 19.8 Å². The fraction of sp³-hybridized carbons (Fsp3) is 0.233. The standard InChI is InChI=1S/C30H28N6O5/c37-23(31-15-20-11-6-10-18-7-4-5-12-21(18)20)14-13-22-25(38)26(39)30(41-22)36-17-34-24-27(32-16-33-28(24)36)35-29(40)19-8-2-1-3-9-19/h1-12,16-17,22,25-26,30,38-39H,13-15H2,(H,31,37)(H,32,33,35,40)/t22-,25-,26-,30-/m1/s1. The van der Waals surface area contributed by atoms with Gasteiger partial charge in [-0.05, 0) is 34.9 Å². The number of rotatable bonds is 8. The van der Waals surface area contributed by atoms with Crippen molar-refractivity contribution < 1.29 is 24.5 Å². The molecule has 0 unspecified atom stereocenters. The van der Waals surface area contributed by atoms with Crippen LogP contribution in [-0.4, -0.2) is 59.9 Å². The van der Waals surface area contributed by atoms with Crippen molar-refractivity contribution in [2.45, 2.75) is 43.9 Å². The zero-order chi connectivity index (χ0) is 28.3. The van der Waals surface area contributed by atoms with Crippen molar-refractivity contribution in [2.24, 2.45) is 0 Å². The fourth-order valence-electron chi connectivity index (χ4n) is 5.10. The van der Waals surface area contributed by atoms with Gasteiger partial charge in [-0.15, -0.1) is 0 Å². The Kier molecular flexibility index (Phi) is 7.38. The van der Waals surface area contributed by atoms with Gasteiger partial charge in [0.05, 0.1) is 12.4 Å². The average Bonchev–Trinajstić information content (AvgIpc) is 3.56. The first-order valence-electron chi connectivity index (χ1n) is 13.3. The Balaban J connectivity index is 1.10. The number of hydrogen-bond acceptors (Lipinski definition) is 8. The molecule has 5 aromatic rings. The van der Waals surface area contributed by atoms with E-state index in [1.165, 1.54) is 17.2 Å². The molecule has 41 heavy (non-hydrogen) atoms. The highest BCUT2D eigenvalue weighted by atomic mass is 16.6. The number of carbonyl (C=O) groups is 2. The van der Waals surface area contributed by atoms with Crippen LogP contribution >= 0.6 is 0 Å². The molecular formula is C30H28N6O5. The van der Waals surface area contributed by atoms with Crippen LogP contribution in [0.4, 0.5) is 5.82 Å². The van der Waals surface area contributed by atoms with Gasteiger partial charge in [-0.1, -0.05) is 60.7 Å². The summed E-state index contributed by atoms with van der Waals surface area (Å²) >= 11 is 0. The third kappa shape index (κ3) is 5.38. The number of imidazole rings is 1. The number of hydrogen-bond donors (Lipinski definition) is 4. The number of aliphatic hydroxyl groups is 2. The second-order valence-corrected chi connectivity index (χ2v) is 9.87. The van der Waals surface area contributed by atoms with Gasteiger partial charge in [0.15, 0.2) is 23.2 Å². The number of carbonyl (C=O) groups excluding carboxylic acids is 2. The fourth-order valence-corrected chi connectivity index (χ4v) is 5.10. The maximum atomic E-state index is 12.6. The van der Waals surface area contributed by atoms with Crippen molar-refractivity contribution in [1.29, 1.82) is 0 Å². The van der Waals surface area contributed by atoms with E-state index in [-0.39, 0.29) is 30.5 Å². The molecule has 4 atom stereocenters. The number of nitrogens with zero attached hydrogens (tertiary/aromatic N) is 4. The number of nitrogens with one attached hydrogen (secondary N) is 2. The van der Waals surface area contributed by atoms with Crippen LogP contribution < -0.4 is 10.6 Å². The van der Waals surface area contributed by atoms with Crippen LogP contribution in [0.5, 0.6) is 0 Å². The first-order valence-corrected chi connectivity index (χ1v) is 13.3. The van der Waals surface area contributed by atoms with Crippen LogP contribution in [0.3, 0.4) is 0 Å². The van der Waals surface area contributed by atoms with Crippen LogP contribution in [-0.2, 0) is 16.1 Å². The quantitative estimate of drug-likeness (QED) is 0.229. The van der Waals surface area contributed by atoms with Crippen LogP contribution in [0, 0.1) is 0 Å². The zero-order valence-corrected chi connectivity index (χ0v) is 21.9. The maximum absolute atomic E-state index is 12.6. The molecule has 1 aliphatic heterocycles. The summed E-state index contributed by atoms with van der Waals surface area (Å²) in [5.41, 5.74) is 2.09. The lowest BCUT2D eigenvalue weighted by atomic mass is 10.0. The van der Waals surface area contributed by atoms with Gasteiger partial charge < -0.3 is 25.6 Å². The minimum Gasteiger partial charge on any atom is -0.388 e. The number of amides is 2. The number of fused-ring (bicyclic) bond motifs is 2. The molecule has 1 fully saturated rings. The maximum Gasteiger partial charge on any atom is 0.256 e. The van der Waals surface area contributed by atoms with Crippen molar-refractivity contribution in [3.63, 3.8) is 0 Å².